The van der Waals surface area contributed by atoms with Crippen molar-refractivity contribution in [2.45, 2.75) is 83.2 Å². The molecule has 0 aromatic carbocycles. The number of amides is 3. The first-order valence-electron chi connectivity index (χ1n) is 13.9. The number of aromatic nitrogens is 3. The van der Waals surface area contributed by atoms with Gasteiger partial charge in [-0.1, -0.05) is 26.7 Å². The summed E-state index contributed by atoms with van der Waals surface area (Å²) in [5, 5.41) is 13.3. The number of anilines is 2. The van der Waals surface area contributed by atoms with Crippen molar-refractivity contribution in [1.29, 1.82) is 0 Å². The molecule has 10 nitrogen and oxygen atoms in total. The predicted octanol–water partition coefficient (Wildman–Crippen LogP) is 3.81. The van der Waals surface area contributed by atoms with Gasteiger partial charge in [0.1, 0.15) is 17.6 Å². The average molecular weight is 523 g/mol. The molecule has 2 atom stereocenters. The Hall–Kier alpha value is -3.27. The lowest BCUT2D eigenvalue weighted by atomic mass is 9.76. The lowest BCUT2D eigenvalue weighted by molar-refractivity contribution is -0.124. The van der Waals surface area contributed by atoms with E-state index in [-0.39, 0.29) is 29.7 Å². The monoisotopic (exact) mass is 522 g/mol. The molecule has 0 bridgehead atoms. The lowest BCUT2D eigenvalue weighted by Gasteiger charge is -2.32. The van der Waals surface area contributed by atoms with E-state index >= 15 is 0 Å². The number of rotatable bonds is 7. The number of carbonyl (C=O) groups is 3. The molecule has 1 saturated carbocycles. The molecule has 3 N–H and O–H groups in total. The van der Waals surface area contributed by atoms with Crippen LogP contribution in [0.1, 0.15) is 87.8 Å². The number of nitrogens with one attached hydrogen (secondary N) is 3. The first-order chi connectivity index (χ1) is 18.3. The maximum absolute atomic E-state index is 13.6. The molecule has 3 amide bonds. The molecule has 2 fully saturated rings. The molecule has 10 heteroatoms. The van der Waals surface area contributed by atoms with Gasteiger partial charge in [0.05, 0.1) is 11.1 Å². The Bertz CT molecular complexity index is 1200. The first kappa shape index (κ1) is 26.3. The van der Waals surface area contributed by atoms with Gasteiger partial charge in [0.15, 0.2) is 0 Å². The summed E-state index contributed by atoms with van der Waals surface area (Å²) in [4.78, 5) is 44.4. The Morgan fingerprint density at radius 1 is 1.24 bits per heavy atom. The summed E-state index contributed by atoms with van der Waals surface area (Å²) >= 11 is 0. The molecule has 3 aliphatic rings. The number of pyridine rings is 1. The van der Waals surface area contributed by atoms with Crippen LogP contribution in [0.15, 0.2) is 24.5 Å². The Kier molecular flexibility index (Phi) is 7.52. The van der Waals surface area contributed by atoms with Gasteiger partial charge >= 0.3 is 0 Å². The maximum atomic E-state index is 13.6. The van der Waals surface area contributed by atoms with Crippen molar-refractivity contribution in [2.24, 2.45) is 11.8 Å². The van der Waals surface area contributed by atoms with E-state index in [1.54, 1.807) is 29.2 Å². The topological polar surface area (TPSA) is 127 Å². The van der Waals surface area contributed by atoms with Crippen molar-refractivity contribution in [3.8, 4) is 0 Å². The molecule has 2 aromatic rings. The minimum Gasteiger partial charge on any atom is -0.381 e. The van der Waals surface area contributed by atoms with E-state index in [2.05, 4.69) is 33.0 Å². The molecule has 5 rings (SSSR count). The largest absolute Gasteiger partial charge is 0.381 e. The fraction of sp³-hybridized carbons (Fsp3) is 0.607. The first-order valence-corrected chi connectivity index (χ1v) is 13.9. The van der Waals surface area contributed by atoms with E-state index in [0.29, 0.717) is 49.2 Å². The van der Waals surface area contributed by atoms with Crippen molar-refractivity contribution >= 4 is 29.2 Å². The summed E-state index contributed by atoms with van der Waals surface area (Å²) in [6.45, 7) is 7.34. The normalized spacial score (nSPS) is 23.8. The van der Waals surface area contributed by atoms with Crippen LogP contribution in [0.2, 0.25) is 0 Å². The summed E-state index contributed by atoms with van der Waals surface area (Å²) in [7, 11) is 0. The highest BCUT2D eigenvalue weighted by Gasteiger charge is 2.48. The van der Waals surface area contributed by atoms with Crippen LogP contribution in [-0.4, -0.2) is 51.7 Å². The van der Waals surface area contributed by atoms with Crippen LogP contribution in [0.5, 0.6) is 0 Å². The van der Waals surface area contributed by atoms with Crippen molar-refractivity contribution in [2.75, 3.05) is 23.8 Å². The molecular weight excluding hydrogens is 484 g/mol. The van der Waals surface area contributed by atoms with E-state index in [1.165, 1.54) is 0 Å². The van der Waals surface area contributed by atoms with Crippen LogP contribution in [0.3, 0.4) is 0 Å². The Morgan fingerprint density at radius 3 is 2.68 bits per heavy atom. The maximum Gasteiger partial charge on any atom is 0.270 e. The second-order valence-corrected chi connectivity index (χ2v) is 11.1. The van der Waals surface area contributed by atoms with Gasteiger partial charge in [-0.05, 0) is 56.9 Å². The summed E-state index contributed by atoms with van der Waals surface area (Å²) in [5.74, 6) is 0.334. The van der Waals surface area contributed by atoms with E-state index in [0.717, 1.165) is 37.7 Å². The Morgan fingerprint density at radius 2 is 1.97 bits per heavy atom. The highest BCUT2D eigenvalue weighted by molar-refractivity contribution is 6.07. The van der Waals surface area contributed by atoms with Gasteiger partial charge in [-0.3, -0.25) is 19.1 Å². The van der Waals surface area contributed by atoms with E-state index in [9.17, 15) is 14.4 Å². The van der Waals surface area contributed by atoms with Crippen molar-refractivity contribution in [3.63, 3.8) is 0 Å². The quantitative estimate of drug-likeness (QED) is 0.507. The molecule has 1 spiro atoms. The van der Waals surface area contributed by atoms with Crippen molar-refractivity contribution in [1.82, 2.24) is 20.1 Å². The summed E-state index contributed by atoms with van der Waals surface area (Å²) in [5.41, 5.74) is 1.36. The average Bonchev–Trinajstić information content (AvgIpc) is 3.51. The Balaban J connectivity index is 1.36. The third-order valence-corrected chi connectivity index (χ3v) is 8.71. The standard InChI is InChI=1S/C28H38N6O4/c1-4-18(3)34-22(9-12-30-34)25(35)33-24(19-7-5-17(2)6-8-19)26(36)32-23-15-21-20(16-29-23)28(27(37)31-21)10-13-38-14-11-28/h9,12,15-19,24H,4-8,10-11,13-14H2,1-3H3,(H,31,37)(H,33,35)(H,29,32,36). The molecule has 2 unspecified atom stereocenters. The summed E-state index contributed by atoms with van der Waals surface area (Å²) < 4.78 is 7.19. The van der Waals surface area contributed by atoms with Crippen LogP contribution in [0, 0.1) is 11.8 Å². The number of fused-ring (bicyclic) bond motifs is 2. The molecule has 0 radical (unpaired) electrons. The smallest absolute Gasteiger partial charge is 0.270 e. The van der Waals surface area contributed by atoms with Crippen LogP contribution in [0.4, 0.5) is 11.5 Å². The van der Waals surface area contributed by atoms with Crippen molar-refractivity contribution < 1.29 is 19.1 Å². The van der Waals surface area contributed by atoms with Gasteiger partial charge in [-0.25, -0.2) is 4.98 Å². The molecule has 2 aliphatic heterocycles. The summed E-state index contributed by atoms with van der Waals surface area (Å²) in [6, 6.07) is 2.77. The fourth-order valence-corrected chi connectivity index (χ4v) is 6.04. The third kappa shape index (κ3) is 4.93. The highest BCUT2D eigenvalue weighted by atomic mass is 16.5. The van der Waals surface area contributed by atoms with E-state index in [1.807, 2.05) is 13.8 Å². The number of ether oxygens (including phenoxy) is 1. The van der Waals surface area contributed by atoms with Crippen LogP contribution >= 0.6 is 0 Å². The van der Waals surface area contributed by atoms with Gasteiger partial charge in [0.2, 0.25) is 11.8 Å². The van der Waals surface area contributed by atoms with Gasteiger partial charge in [0.25, 0.3) is 5.91 Å². The minimum absolute atomic E-state index is 0.0229. The predicted molar refractivity (Wildman–Crippen MR) is 143 cm³/mol. The SMILES string of the molecule is CCC(C)n1nccc1C(=O)NC(C(=O)Nc1cc2c(cn1)C1(CCOCC1)C(=O)N2)C1CCC(C)CC1. The van der Waals surface area contributed by atoms with Crippen LogP contribution in [-0.2, 0) is 19.7 Å². The molecule has 204 valence electrons. The zero-order chi connectivity index (χ0) is 26.9. The molecule has 1 aliphatic carbocycles. The third-order valence-electron chi connectivity index (χ3n) is 8.71. The van der Waals surface area contributed by atoms with Gasteiger partial charge in [0, 0.05) is 43.3 Å². The fourth-order valence-electron chi connectivity index (χ4n) is 6.04. The molecule has 2 aromatic heterocycles. The molecule has 38 heavy (non-hydrogen) atoms. The molecule has 1 saturated heterocycles. The minimum atomic E-state index is -0.707. The molecular formula is C28H38N6O4. The van der Waals surface area contributed by atoms with Crippen molar-refractivity contribution in [3.05, 3.63) is 35.8 Å². The number of hydrogen-bond donors (Lipinski definition) is 3. The summed E-state index contributed by atoms with van der Waals surface area (Å²) in [6.07, 6.45) is 9.13. The van der Waals surface area contributed by atoms with Gasteiger partial charge in [-0.15, -0.1) is 0 Å². The van der Waals surface area contributed by atoms with E-state index in [4.69, 9.17) is 4.74 Å². The van der Waals surface area contributed by atoms with E-state index < -0.39 is 11.5 Å². The highest BCUT2D eigenvalue weighted by Crippen LogP contribution is 2.44. The zero-order valence-corrected chi connectivity index (χ0v) is 22.5. The number of nitrogens with zero attached hydrogens (tertiary/aromatic N) is 3. The van der Waals surface area contributed by atoms with Crippen LogP contribution in [0.25, 0.3) is 0 Å². The van der Waals surface area contributed by atoms with Gasteiger partial charge < -0.3 is 20.7 Å². The van der Waals surface area contributed by atoms with Gasteiger partial charge in [-0.2, -0.15) is 5.10 Å². The Labute approximate surface area is 223 Å². The molecule has 4 heterocycles. The second-order valence-electron chi connectivity index (χ2n) is 11.1. The zero-order valence-electron chi connectivity index (χ0n) is 22.5. The number of hydrogen-bond acceptors (Lipinski definition) is 6. The number of carbonyl (C=O) groups excluding carboxylic acids is 3. The van der Waals surface area contributed by atoms with Crippen LogP contribution < -0.4 is 16.0 Å². The second kappa shape index (κ2) is 10.8. The lowest BCUT2D eigenvalue weighted by Crippen LogP contribution is -2.49.